The van der Waals surface area contributed by atoms with Gasteiger partial charge in [0.2, 0.25) is 5.91 Å². The van der Waals surface area contributed by atoms with Crippen molar-refractivity contribution in [3.8, 4) is 17.2 Å². The van der Waals surface area contributed by atoms with Gasteiger partial charge in [-0.2, -0.15) is 5.10 Å². The van der Waals surface area contributed by atoms with Gasteiger partial charge in [-0.1, -0.05) is 28.1 Å². The Balaban J connectivity index is 1.56. The van der Waals surface area contributed by atoms with Crippen LogP contribution in [-0.2, 0) is 16.2 Å². The Morgan fingerprint density at radius 1 is 0.972 bits per heavy atom. The molecule has 0 aliphatic carbocycles. The maximum Gasteiger partial charge on any atom is 0.252 e. The average Bonchev–Trinajstić information content (AvgIpc) is 2.89. The molecule has 1 atom stereocenters. The number of hydrogen-bond donors (Lipinski definition) is 2. The van der Waals surface area contributed by atoms with Gasteiger partial charge in [0.15, 0.2) is 11.5 Å². The van der Waals surface area contributed by atoms with Crippen LogP contribution in [0.25, 0.3) is 0 Å². The van der Waals surface area contributed by atoms with Gasteiger partial charge in [-0.3, -0.25) is 9.59 Å². The first-order valence-corrected chi connectivity index (χ1v) is 12.1. The molecule has 0 fully saturated rings. The van der Waals surface area contributed by atoms with Crippen LogP contribution in [0.3, 0.4) is 0 Å². The van der Waals surface area contributed by atoms with E-state index in [4.69, 9.17) is 14.2 Å². The number of hydrazone groups is 1. The molecule has 8 nitrogen and oxygen atoms in total. The van der Waals surface area contributed by atoms with Crippen LogP contribution in [0.1, 0.15) is 25.0 Å². The molecular weight excluding hydrogens is 526 g/mol. The van der Waals surface area contributed by atoms with Gasteiger partial charge in [0.05, 0.1) is 19.9 Å². The third-order valence-electron chi connectivity index (χ3n) is 5.11. The smallest absolute Gasteiger partial charge is 0.252 e. The molecule has 2 amide bonds. The number of nitrogens with one attached hydrogen (secondary N) is 2. The lowest BCUT2D eigenvalue weighted by molar-refractivity contribution is -0.131. The lowest BCUT2D eigenvalue weighted by Gasteiger charge is -2.13. The number of halogens is 1. The lowest BCUT2D eigenvalue weighted by atomic mass is 10.1. The van der Waals surface area contributed by atoms with Gasteiger partial charge in [0.1, 0.15) is 18.3 Å². The number of carbonyl (C=O) groups is 2. The topological polar surface area (TPSA) is 98.2 Å². The standard InChI is InChI=1S/C27H28BrN3O5/c1-4-35-25-15-20(7-14-24(25)36-17-19-5-8-21(28)9-6-19)16-29-31-27(33)18(2)26(32)30-22-10-12-23(34-3)13-11-22/h5-16,18H,4,17H2,1-3H3,(H,30,32)(H,31,33). The minimum atomic E-state index is -0.947. The maximum atomic E-state index is 12.4. The van der Waals surface area contributed by atoms with Crippen molar-refractivity contribution in [3.05, 3.63) is 82.3 Å². The van der Waals surface area contributed by atoms with E-state index in [1.807, 2.05) is 31.2 Å². The number of ether oxygens (including phenoxy) is 3. The molecule has 3 rings (SSSR count). The van der Waals surface area contributed by atoms with Gasteiger partial charge in [-0.15, -0.1) is 0 Å². The van der Waals surface area contributed by atoms with Gasteiger partial charge in [-0.25, -0.2) is 5.43 Å². The molecule has 3 aromatic rings. The fourth-order valence-electron chi connectivity index (χ4n) is 3.05. The number of benzene rings is 3. The van der Waals surface area contributed by atoms with Crippen LogP contribution in [0.2, 0.25) is 0 Å². The predicted octanol–water partition coefficient (Wildman–Crippen LogP) is 5.16. The van der Waals surface area contributed by atoms with Crippen LogP contribution in [0.4, 0.5) is 5.69 Å². The van der Waals surface area contributed by atoms with Crippen molar-refractivity contribution in [2.75, 3.05) is 19.0 Å². The SMILES string of the molecule is CCOc1cc(C=NNC(=O)C(C)C(=O)Nc2ccc(OC)cc2)ccc1OCc1ccc(Br)cc1. The van der Waals surface area contributed by atoms with E-state index in [-0.39, 0.29) is 0 Å². The molecule has 188 valence electrons. The van der Waals surface area contributed by atoms with Gasteiger partial charge >= 0.3 is 0 Å². The van der Waals surface area contributed by atoms with E-state index in [1.54, 1.807) is 49.6 Å². The molecule has 0 aromatic heterocycles. The fourth-order valence-corrected chi connectivity index (χ4v) is 3.31. The van der Waals surface area contributed by atoms with Crippen molar-refractivity contribution >= 4 is 39.6 Å². The second kappa shape index (κ2) is 13.3. The number of hydrogen-bond acceptors (Lipinski definition) is 6. The van der Waals surface area contributed by atoms with E-state index in [1.165, 1.54) is 13.1 Å². The van der Waals surface area contributed by atoms with Crippen molar-refractivity contribution in [2.24, 2.45) is 11.0 Å². The molecule has 0 saturated heterocycles. The number of nitrogens with zero attached hydrogens (tertiary/aromatic N) is 1. The van der Waals surface area contributed by atoms with E-state index in [0.29, 0.717) is 41.7 Å². The zero-order valence-electron chi connectivity index (χ0n) is 20.3. The van der Waals surface area contributed by atoms with Crippen LogP contribution in [0.15, 0.2) is 76.3 Å². The second-order valence-electron chi connectivity index (χ2n) is 7.73. The van der Waals surface area contributed by atoms with E-state index < -0.39 is 17.7 Å². The van der Waals surface area contributed by atoms with Crippen LogP contribution in [0.5, 0.6) is 17.2 Å². The summed E-state index contributed by atoms with van der Waals surface area (Å²) in [4.78, 5) is 24.8. The fraction of sp³-hybridized carbons (Fsp3) is 0.222. The summed E-state index contributed by atoms with van der Waals surface area (Å²) in [5, 5.41) is 6.68. The first kappa shape index (κ1) is 26.7. The summed E-state index contributed by atoms with van der Waals surface area (Å²) in [6, 6.07) is 20.1. The zero-order valence-corrected chi connectivity index (χ0v) is 21.9. The third-order valence-corrected chi connectivity index (χ3v) is 5.64. The Morgan fingerprint density at radius 3 is 2.36 bits per heavy atom. The van der Waals surface area contributed by atoms with E-state index in [0.717, 1.165) is 10.0 Å². The number of rotatable bonds is 11. The van der Waals surface area contributed by atoms with Gasteiger partial charge in [0.25, 0.3) is 5.91 Å². The Kier molecular flexibility index (Phi) is 9.88. The van der Waals surface area contributed by atoms with Gasteiger partial charge < -0.3 is 19.5 Å². The van der Waals surface area contributed by atoms with Crippen LogP contribution >= 0.6 is 15.9 Å². The molecule has 0 aliphatic heterocycles. The Bertz CT molecular complexity index is 1200. The van der Waals surface area contributed by atoms with Crippen LogP contribution < -0.4 is 25.0 Å². The summed E-state index contributed by atoms with van der Waals surface area (Å²) in [6.45, 7) is 4.26. The number of anilines is 1. The highest BCUT2D eigenvalue weighted by Crippen LogP contribution is 2.29. The molecule has 0 saturated carbocycles. The molecule has 0 spiro atoms. The van der Waals surface area contributed by atoms with Crippen molar-refractivity contribution in [1.29, 1.82) is 0 Å². The van der Waals surface area contributed by atoms with E-state index >= 15 is 0 Å². The molecule has 1 unspecified atom stereocenters. The van der Waals surface area contributed by atoms with E-state index in [9.17, 15) is 9.59 Å². The van der Waals surface area contributed by atoms with Crippen LogP contribution in [0, 0.1) is 5.92 Å². The Morgan fingerprint density at radius 2 is 1.69 bits per heavy atom. The molecule has 3 aromatic carbocycles. The summed E-state index contributed by atoms with van der Waals surface area (Å²) in [6.07, 6.45) is 1.48. The molecule has 9 heteroatoms. The molecule has 0 aliphatic rings. The third kappa shape index (κ3) is 7.84. The van der Waals surface area contributed by atoms with Gasteiger partial charge in [0, 0.05) is 10.2 Å². The minimum absolute atomic E-state index is 0.396. The molecule has 2 N–H and O–H groups in total. The molecule has 0 radical (unpaired) electrons. The predicted molar refractivity (Wildman–Crippen MR) is 143 cm³/mol. The molecule has 36 heavy (non-hydrogen) atoms. The minimum Gasteiger partial charge on any atom is -0.497 e. The lowest BCUT2D eigenvalue weighted by Crippen LogP contribution is -2.34. The number of amides is 2. The van der Waals surface area contributed by atoms with Crippen molar-refractivity contribution in [1.82, 2.24) is 5.43 Å². The Hall–Kier alpha value is -3.85. The van der Waals surface area contributed by atoms with E-state index in [2.05, 4.69) is 31.8 Å². The summed E-state index contributed by atoms with van der Waals surface area (Å²) in [5.41, 5.74) is 4.70. The zero-order chi connectivity index (χ0) is 25.9. The van der Waals surface area contributed by atoms with Crippen LogP contribution in [-0.4, -0.2) is 31.7 Å². The molecule has 0 bridgehead atoms. The molecule has 0 heterocycles. The summed E-state index contributed by atoms with van der Waals surface area (Å²) >= 11 is 3.42. The van der Waals surface area contributed by atoms with Gasteiger partial charge in [-0.05, 0) is 79.6 Å². The highest BCUT2D eigenvalue weighted by Gasteiger charge is 2.21. The van der Waals surface area contributed by atoms with Crippen molar-refractivity contribution in [2.45, 2.75) is 20.5 Å². The second-order valence-corrected chi connectivity index (χ2v) is 8.64. The molecular formula is C27H28BrN3O5. The highest BCUT2D eigenvalue weighted by molar-refractivity contribution is 9.10. The average molecular weight is 554 g/mol. The number of methoxy groups -OCH3 is 1. The summed E-state index contributed by atoms with van der Waals surface area (Å²) in [5.74, 6) is -0.0835. The maximum absolute atomic E-state index is 12.4. The summed E-state index contributed by atoms with van der Waals surface area (Å²) < 4.78 is 17.7. The normalized spacial score (nSPS) is 11.6. The Labute approximate surface area is 218 Å². The highest BCUT2D eigenvalue weighted by atomic mass is 79.9. The van der Waals surface area contributed by atoms with Crippen molar-refractivity contribution < 1.29 is 23.8 Å². The largest absolute Gasteiger partial charge is 0.497 e. The first-order chi connectivity index (χ1) is 17.4. The van der Waals surface area contributed by atoms with Crippen molar-refractivity contribution in [3.63, 3.8) is 0 Å². The monoisotopic (exact) mass is 553 g/mol. The number of carbonyl (C=O) groups excluding carboxylic acids is 2. The summed E-state index contributed by atoms with van der Waals surface area (Å²) in [7, 11) is 1.56. The quantitative estimate of drug-likeness (QED) is 0.194. The first-order valence-electron chi connectivity index (χ1n) is 11.3.